The lowest BCUT2D eigenvalue weighted by molar-refractivity contribution is -0.115. The summed E-state index contributed by atoms with van der Waals surface area (Å²) in [5.41, 5.74) is 0.338. The van der Waals surface area contributed by atoms with Crippen LogP contribution in [0.25, 0.3) is 0 Å². The first-order valence-corrected chi connectivity index (χ1v) is 12.0. The van der Waals surface area contributed by atoms with Crippen molar-refractivity contribution in [3.63, 3.8) is 0 Å². The molecule has 0 saturated heterocycles. The lowest BCUT2D eigenvalue weighted by Gasteiger charge is -2.19. The van der Waals surface area contributed by atoms with E-state index >= 15 is 0 Å². The summed E-state index contributed by atoms with van der Waals surface area (Å²) in [4.78, 5) is 13.6. The van der Waals surface area contributed by atoms with Crippen LogP contribution in [0.3, 0.4) is 0 Å². The first kappa shape index (κ1) is 24.0. The van der Waals surface area contributed by atoms with E-state index in [2.05, 4.69) is 5.32 Å². The smallest absolute Gasteiger partial charge is 0.243 e. The van der Waals surface area contributed by atoms with Crippen LogP contribution in [0.1, 0.15) is 20.3 Å². The Morgan fingerprint density at radius 2 is 1.70 bits per heavy atom. The standard InChI is InChI=1S/C21H28N2O5S2/c1-5-23(6-2)30(25,26)18-11-12-20(28-4)19(15-18)22-21(24)13-14-29-17-9-7-16(27-3)8-10-17/h7-12,15H,5-6,13-14H2,1-4H3,(H,22,24). The molecule has 0 aliphatic carbocycles. The number of carbonyl (C=O) groups is 1. The fourth-order valence-corrected chi connectivity index (χ4v) is 5.14. The molecule has 7 nitrogen and oxygen atoms in total. The second-order valence-electron chi connectivity index (χ2n) is 6.27. The van der Waals surface area contributed by atoms with E-state index in [9.17, 15) is 13.2 Å². The van der Waals surface area contributed by atoms with Crippen LogP contribution in [-0.4, -0.2) is 51.7 Å². The van der Waals surface area contributed by atoms with Crippen LogP contribution in [0.15, 0.2) is 52.3 Å². The summed E-state index contributed by atoms with van der Waals surface area (Å²) in [7, 11) is -0.542. The number of thioether (sulfide) groups is 1. The molecule has 0 unspecified atom stereocenters. The van der Waals surface area contributed by atoms with E-state index in [1.165, 1.54) is 23.5 Å². The van der Waals surface area contributed by atoms with Crippen LogP contribution in [0.4, 0.5) is 5.69 Å². The predicted molar refractivity (Wildman–Crippen MR) is 120 cm³/mol. The maximum Gasteiger partial charge on any atom is 0.243 e. The Labute approximate surface area is 182 Å². The molecule has 0 atom stereocenters. The van der Waals surface area contributed by atoms with Gasteiger partial charge in [-0.05, 0) is 42.5 Å². The molecule has 0 aliphatic rings. The molecule has 0 heterocycles. The quantitative estimate of drug-likeness (QED) is 0.521. The van der Waals surface area contributed by atoms with Crippen LogP contribution < -0.4 is 14.8 Å². The number of hydrogen-bond donors (Lipinski definition) is 1. The molecule has 2 rings (SSSR count). The van der Waals surface area contributed by atoms with Crippen molar-refractivity contribution in [3.8, 4) is 11.5 Å². The van der Waals surface area contributed by atoms with Gasteiger partial charge in [0.1, 0.15) is 11.5 Å². The maximum absolute atomic E-state index is 12.8. The molecule has 0 fully saturated rings. The van der Waals surface area contributed by atoms with Gasteiger partial charge >= 0.3 is 0 Å². The zero-order valence-corrected chi connectivity index (χ0v) is 19.3. The predicted octanol–water partition coefficient (Wildman–Crippen LogP) is 3.86. The fourth-order valence-electron chi connectivity index (χ4n) is 2.80. The number of nitrogens with one attached hydrogen (secondary N) is 1. The Bertz CT molecular complexity index is 942. The molecule has 0 bridgehead atoms. The fraction of sp³-hybridized carbons (Fsp3) is 0.381. The monoisotopic (exact) mass is 452 g/mol. The Kier molecular flexibility index (Phi) is 9.01. The molecule has 2 aromatic rings. The zero-order chi connectivity index (χ0) is 22.1. The number of methoxy groups -OCH3 is 2. The molecular formula is C21H28N2O5S2. The molecule has 9 heteroatoms. The largest absolute Gasteiger partial charge is 0.497 e. The van der Waals surface area contributed by atoms with Gasteiger partial charge in [0.2, 0.25) is 15.9 Å². The molecular weight excluding hydrogens is 424 g/mol. The number of amides is 1. The van der Waals surface area contributed by atoms with Crippen molar-refractivity contribution < 1.29 is 22.7 Å². The molecule has 0 aromatic heterocycles. The second-order valence-corrected chi connectivity index (χ2v) is 9.38. The van der Waals surface area contributed by atoms with Crippen molar-refractivity contribution in [3.05, 3.63) is 42.5 Å². The van der Waals surface area contributed by atoms with Gasteiger partial charge in [0.15, 0.2) is 0 Å². The molecule has 0 aliphatic heterocycles. The van der Waals surface area contributed by atoms with E-state index in [0.29, 0.717) is 30.3 Å². The van der Waals surface area contributed by atoms with Crippen molar-refractivity contribution >= 4 is 33.4 Å². The van der Waals surface area contributed by atoms with Gasteiger partial charge < -0.3 is 14.8 Å². The van der Waals surface area contributed by atoms with Crippen LogP contribution in [0.2, 0.25) is 0 Å². The normalized spacial score (nSPS) is 11.4. The Hall–Kier alpha value is -2.23. The highest BCUT2D eigenvalue weighted by Gasteiger charge is 2.23. The highest BCUT2D eigenvalue weighted by molar-refractivity contribution is 7.99. The third-order valence-corrected chi connectivity index (χ3v) is 7.51. The summed E-state index contributed by atoms with van der Waals surface area (Å²) in [6.07, 6.45) is 0.271. The number of nitrogens with zero attached hydrogens (tertiary/aromatic N) is 1. The van der Waals surface area contributed by atoms with Crippen LogP contribution in [-0.2, 0) is 14.8 Å². The number of rotatable bonds is 11. The van der Waals surface area contributed by atoms with Gasteiger partial charge in [0.05, 0.1) is 24.8 Å². The third kappa shape index (κ3) is 6.13. The van der Waals surface area contributed by atoms with Gasteiger partial charge in [0.25, 0.3) is 0 Å². The summed E-state index contributed by atoms with van der Waals surface area (Å²) >= 11 is 1.56. The third-order valence-electron chi connectivity index (χ3n) is 4.45. The number of sulfonamides is 1. The van der Waals surface area contributed by atoms with Crippen molar-refractivity contribution in [1.82, 2.24) is 4.31 Å². The van der Waals surface area contributed by atoms with Gasteiger partial charge in [-0.3, -0.25) is 4.79 Å². The lowest BCUT2D eigenvalue weighted by atomic mass is 10.3. The number of benzene rings is 2. The number of hydrogen-bond acceptors (Lipinski definition) is 6. The molecule has 0 spiro atoms. The van der Waals surface area contributed by atoms with Gasteiger partial charge in [-0.1, -0.05) is 13.8 Å². The minimum Gasteiger partial charge on any atom is -0.497 e. The molecule has 1 amide bonds. The summed E-state index contributed by atoms with van der Waals surface area (Å²) in [6, 6.07) is 12.1. The van der Waals surface area contributed by atoms with Gasteiger partial charge in [0, 0.05) is 30.2 Å². The Morgan fingerprint density at radius 1 is 1.03 bits per heavy atom. The van der Waals surface area contributed by atoms with E-state index in [1.807, 2.05) is 24.3 Å². The average molecular weight is 453 g/mol. The van der Waals surface area contributed by atoms with Crippen molar-refractivity contribution in [2.24, 2.45) is 0 Å². The minimum absolute atomic E-state index is 0.120. The maximum atomic E-state index is 12.8. The Balaban J connectivity index is 2.05. The highest BCUT2D eigenvalue weighted by Crippen LogP contribution is 2.29. The van der Waals surface area contributed by atoms with Crippen LogP contribution >= 0.6 is 11.8 Å². The zero-order valence-electron chi connectivity index (χ0n) is 17.7. The van der Waals surface area contributed by atoms with Gasteiger partial charge in [-0.2, -0.15) is 4.31 Å². The summed E-state index contributed by atoms with van der Waals surface area (Å²) in [5.74, 6) is 1.55. The summed E-state index contributed by atoms with van der Waals surface area (Å²) < 4.78 is 37.3. The van der Waals surface area contributed by atoms with E-state index in [4.69, 9.17) is 9.47 Å². The van der Waals surface area contributed by atoms with Crippen LogP contribution in [0.5, 0.6) is 11.5 Å². The Morgan fingerprint density at radius 3 is 2.27 bits per heavy atom. The van der Waals surface area contributed by atoms with Gasteiger partial charge in [-0.25, -0.2) is 8.42 Å². The number of carbonyl (C=O) groups excluding carboxylic acids is 1. The molecule has 1 N–H and O–H groups in total. The van der Waals surface area contributed by atoms with Crippen molar-refractivity contribution in [2.45, 2.75) is 30.1 Å². The van der Waals surface area contributed by atoms with E-state index in [-0.39, 0.29) is 17.2 Å². The molecule has 0 saturated carbocycles. The minimum atomic E-state index is -3.63. The average Bonchev–Trinajstić information content (AvgIpc) is 2.74. The molecule has 0 radical (unpaired) electrons. The van der Waals surface area contributed by atoms with Crippen LogP contribution in [0, 0.1) is 0 Å². The van der Waals surface area contributed by atoms with Crippen molar-refractivity contribution in [1.29, 1.82) is 0 Å². The SMILES string of the molecule is CCN(CC)S(=O)(=O)c1ccc(OC)c(NC(=O)CCSc2ccc(OC)cc2)c1. The first-order chi connectivity index (χ1) is 14.3. The number of ether oxygens (including phenoxy) is 2. The summed E-state index contributed by atoms with van der Waals surface area (Å²) in [6.45, 7) is 4.31. The molecule has 2 aromatic carbocycles. The first-order valence-electron chi connectivity index (χ1n) is 9.60. The van der Waals surface area contributed by atoms with E-state index in [1.54, 1.807) is 38.8 Å². The molecule has 30 heavy (non-hydrogen) atoms. The molecule has 164 valence electrons. The topological polar surface area (TPSA) is 84.9 Å². The summed E-state index contributed by atoms with van der Waals surface area (Å²) in [5, 5.41) is 2.77. The van der Waals surface area contributed by atoms with E-state index < -0.39 is 10.0 Å². The van der Waals surface area contributed by atoms with Gasteiger partial charge in [-0.15, -0.1) is 11.8 Å². The lowest BCUT2D eigenvalue weighted by Crippen LogP contribution is -2.30. The highest BCUT2D eigenvalue weighted by atomic mass is 32.2. The van der Waals surface area contributed by atoms with E-state index in [0.717, 1.165) is 10.6 Å². The van der Waals surface area contributed by atoms with Crippen molar-refractivity contribution in [2.75, 3.05) is 38.4 Å². The second kappa shape index (κ2) is 11.2. The number of anilines is 1.